The second-order valence-electron chi connectivity index (χ2n) is 7.46. The minimum Gasteiger partial charge on any atom is -0.506 e. The van der Waals surface area contributed by atoms with Crippen LogP contribution in [0.25, 0.3) is 0 Å². The second kappa shape index (κ2) is 7.40. The van der Waals surface area contributed by atoms with Gasteiger partial charge < -0.3 is 4.43 Å². The van der Waals surface area contributed by atoms with Crippen LogP contribution in [0, 0.1) is 5.92 Å². The quantitative estimate of drug-likeness (QED) is 0.572. The van der Waals surface area contributed by atoms with E-state index in [0.717, 1.165) is 10.4 Å². The van der Waals surface area contributed by atoms with Crippen molar-refractivity contribution in [2.75, 3.05) is 0 Å². The van der Waals surface area contributed by atoms with Crippen LogP contribution in [0.2, 0.25) is 5.04 Å². The zero-order valence-corrected chi connectivity index (χ0v) is 16.9. The molecule has 0 heterocycles. The van der Waals surface area contributed by atoms with Crippen LogP contribution in [-0.2, 0) is 9.22 Å². The van der Waals surface area contributed by atoms with Crippen molar-refractivity contribution in [1.82, 2.24) is 0 Å². The van der Waals surface area contributed by atoms with Crippen molar-refractivity contribution < 1.29 is 9.22 Å². The van der Waals surface area contributed by atoms with Crippen LogP contribution in [0.15, 0.2) is 72.8 Å². The monoisotopic (exact) mass is 352 g/mol. The first-order valence-corrected chi connectivity index (χ1v) is 10.6. The van der Waals surface area contributed by atoms with Gasteiger partial charge in [-0.15, -0.1) is 0 Å². The Hall–Kier alpha value is -2.13. The van der Waals surface area contributed by atoms with Gasteiger partial charge >= 0.3 is 14.3 Å². The summed E-state index contributed by atoms with van der Waals surface area (Å²) in [7, 11) is -2.87. The molecule has 0 spiro atoms. The van der Waals surface area contributed by atoms with Gasteiger partial charge in [0.15, 0.2) is 0 Å². The van der Waals surface area contributed by atoms with Crippen LogP contribution in [-0.4, -0.2) is 14.3 Å². The molecule has 25 heavy (non-hydrogen) atoms. The Bertz CT molecular complexity index is 694. The summed E-state index contributed by atoms with van der Waals surface area (Å²) in [5.74, 6) is 0.0191. The lowest BCUT2D eigenvalue weighted by molar-refractivity contribution is -0.130. The number of rotatable bonds is 6. The third-order valence-electron chi connectivity index (χ3n) is 5.31. The largest absolute Gasteiger partial charge is 0.506 e. The summed E-state index contributed by atoms with van der Waals surface area (Å²) in [6, 6.07) is 20.4. The van der Waals surface area contributed by atoms with E-state index in [4.69, 9.17) is 4.43 Å². The summed E-state index contributed by atoms with van der Waals surface area (Å²) >= 11 is 0. The molecule has 0 atom stereocenters. The van der Waals surface area contributed by atoms with Gasteiger partial charge in [0.05, 0.1) is 0 Å². The van der Waals surface area contributed by atoms with Crippen molar-refractivity contribution in [3.05, 3.63) is 72.8 Å². The molecule has 0 saturated carbocycles. The molecule has 0 N–H and O–H groups in total. The molecule has 0 amide bonds. The Morgan fingerprint density at radius 3 is 1.68 bits per heavy atom. The van der Waals surface area contributed by atoms with E-state index in [1.54, 1.807) is 6.92 Å². The summed E-state index contributed by atoms with van der Waals surface area (Å²) in [6.07, 6.45) is 0. The Kier molecular flexibility index (Phi) is 5.68. The van der Waals surface area contributed by atoms with Crippen LogP contribution in [0.1, 0.15) is 34.6 Å². The normalized spacial score (nSPS) is 12.1. The predicted molar refractivity (Wildman–Crippen MR) is 108 cm³/mol. The number of carbonyl (C=O) groups is 1. The van der Waals surface area contributed by atoms with Crippen LogP contribution < -0.4 is 10.4 Å². The van der Waals surface area contributed by atoms with E-state index in [0.29, 0.717) is 11.5 Å². The van der Waals surface area contributed by atoms with Crippen LogP contribution in [0.5, 0.6) is 0 Å². The molecule has 0 fully saturated rings. The van der Waals surface area contributed by atoms with Crippen molar-refractivity contribution in [1.29, 1.82) is 0 Å². The zero-order valence-electron chi connectivity index (χ0n) is 15.9. The average molecular weight is 353 g/mol. The van der Waals surface area contributed by atoms with Crippen molar-refractivity contribution in [2.24, 2.45) is 5.92 Å². The van der Waals surface area contributed by atoms with Crippen molar-refractivity contribution >= 4 is 24.7 Å². The van der Waals surface area contributed by atoms with Gasteiger partial charge in [-0.2, -0.15) is 0 Å². The molecule has 0 aliphatic rings. The van der Waals surface area contributed by atoms with Crippen molar-refractivity contribution in [3.8, 4) is 0 Å². The minimum atomic E-state index is -2.87. The number of hydrogen-bond donors (Lipinski definition) is 0. The fourth-order valence-electron chi connectivity index (χ4n) is 3.14. The lowest BCUT2D eigenvalue weighted by Gasteiger charge is -2.46. The Balaban J connectivity index is 2.83. The van der Waals surface area contributed by atoms with E-state index in [1.807, 2.05) is 36.4 Å². The highest BCUT2D eigenvalue weighted by Crippen LogP contribution is 2.44. The lowest BCUT2D eigenvalue weighted by atomic mass is 9.99. The third kappa shape index (κ3) is 3.47. The third-order valence-corrected chi connectivity index (χ3v) is 10.5. The van der Waals surface area contributed by atoms with E-state index in [1.165, 1.54) is 0 Å². The van der Waals surface area contributed by atoms with Gasteiger partial charge in [0.25, 0.3) is 0 Å². The molecule has 132 valence electrons. The van der Waals surface area contributed by atoms with Gasteiger partial charge in [-0.05, 0) is 23.2 Å². The van der Waals surface area contributed by atoms with Gasteiger partial charge in [0.2, 0.25) is 0 Å². The summed E-state index contributed by atoms with van der Waals surface area (Å²) in [5, 5.41) is 2.00. The van der Waals surface area contributed by atoms with Gasteiger partial charge in [-0.25, -0.2) is 4.79 Å². The Labute approximate surface area is 152 Å². The highest BCUT2D eigenvalue weighted by atomic mass is 28.4. The molecule has 3 heteroatoms. The first-order valence-electron chi connectivity index (χ1n) is 8.73. The van der Waals surface area contributed by atoms with E-state index in [2.05, 4.69) is 58.5 Å². The first-order chi connectivity index (χ1) is 11.7. The maximum absolute atomic E-state index is 12.7. The van der Waals surface area contributed by atoms with E-state index in [9.17, 15) is 4.79 Å². The number of hydrogen-bond acceptors (Lipinski definition) is 2. The molecule has 2 rings (SSSR count). The molecule has 0 saturated heterocycles. The summed E-state index contributed by atoms with van der Waals surface area (Å²) < 4.78 is 6.40. The molecule has 0 aliphatic carbocycles. The predicted octanol–water partition coefficient (Wildman–Crippen LogP) is 4.30. The fraction of sp³-hybridized carbons (Fsp3) is 0.318. The fourth-order valence-corrected chi connectivity index (χ4v) is 8.05. The Morgan fingerprint density at radius 2 is 1.36 bits per heavy atom. The number of carbonyl (C=O) groups excluding carboxylic acids is 1. The van der Waals surface area contributed by atoms with Crippen LogP contribution in [0.3, 0.4) is 0 Å². The van der Waals surface area contributed by atoms with Crippen LogP contribution in [0.4, 0.5) is 0 Å². The molecule has 0 aromatic heterocycles. The summed E-state index contributed by atoms with van der Waals surface area (Å²) in [5.41, 5.74) is 0.434. The maximum Gasteiger partial charge on any atom is 0.324 e. The molecule has 0 aliphatic heterocycles. The van der Waals surface area contributed by atoms with Crippen molar-refractivity contribution in [2.45, 2.75) is 39.7 Å². The van der Waals surface area contributed by atoms with E-state index in [-0.39, 0.29) is 11.0 Å². The first kappa shape index (κ1) is 19.2. The summed E-state index contributed by atoms with van der Waals surface area (Å²) in [4.78, 5) is 12.7. The SMILES string of the molecule is C=C(C)C(=O)O[Si](c1ccccc1)(c1ccccc1)C(C)(C)C(C)C. The summed E-state index contributed by atoms with van der Waals surface area (Å²) in [6.45, 7) is 14.3. The molecule has 2 aromatic rings. The van der Waals surface area contributed by atoms with Crippen LogP contribution >= 0.6 is 0 Å². The van der Waals surface area contributed by atoms with Crippen molar-refractivity contribution in [3.63, 3.8) is 0 Å². The Morgan fingerprint density at radius 1 is 0.960 bits per heavy atom. The molecule has 2 aromatic carbocycles. The highest BCUT2D eigenvalue weighted by Gasteiger charge is 2.56. The molecule has 2 nitrogen and oxygen atoms in total. The van der Waals surface area contributed by atoms with E-state index < -0.39 is 8.32 Å². The van der Waals surface area contributed by atoms with Gasteiger partial charge in [-0.3, -0.25) is 0 Å². The van der Waals surface area contributed by atoms with E-state index >= 15 is 0 Å². The lowest BCUT2D eigenvalue weighted by Crippen LogP contribution is -2.69. The van der Waals surface area contributed by atoms with Gasteiger partial charge in [0.1, 0.15) is 0 Å². The standard InChI is InChI=1S/C22H28O2Si/c1-17(2)21(23)24-25(22(5,6)18(3)4,19-13-9-7-10-14-19)20-15-11-8-12-16-20/h7-16,18H,1H2,2-6H3. The highest BCUT2D eigenvalue weighted by molar-refractivity contribution is 7.00. The van der Waals surface area contributed by atoms with Gasteiger partial charge in [-0.1, -0.05) is 94.9 Å². The molecular weight excluding hydrogens is 324 g/mol. The maximum atomic E-state index is 12.7. The molecule has 0 unspecified atom stereocenters. The molecule has 0 radical (unpaired) electrons. The topological polar surface area (TPSA) is 26.3 Å². The number of benzene rings is 2. The zero-order chi connectivity index (χ0) is 18.7. The molecule has 0 bridgehead atoms. The van der Waals surface area contributed by atoms with Gasteiger partial charge in [0, 0.05) is 10.6 Å². The average Bonchev–Trinajstić information content (AvgIpc) is 2.60. The minimum absolute atomic E-state index is 0.208. The molecular formula is C22H28O2Si. The smallest absolute Gasteiger partial charge is 0.324 e. The second-order valence-corrected chi connectivity index (χ2v) is 11.5.